The maximum absolute atomic E-state index is 12.8. The van der Waals surface area contributed by atoms with Gasteiger partial charge in [0.05, 0.1) is 4.90 Å². The second-order valence-corrected chi connectivity index (χ2v) is 9.71. The molecule has 0 radical (unpaired) electrons. The van der Waals surface area contributed by atoms with Crippen molar-refractivity contribution in [3.8, 4) is 0 Å². The van der Waals surface area contributed by atoms with Gasteiger partial charge in [-0.3, -0.25) is 4.79 Å². The number of ether oxygens (including phenoxy) is 1. The van der Waals surface area contributed by atoms with E-state index in [0.29, 0.717) is 18.7 Å². The first kappa shape index (κ1) is 22.5. The highest BCUT2D eigenvalue weighted by molar-refractivity contribution is 7.89. The van der Waals surface area contributed by atoms with Gasteiger partial charge in [-0.15, -0.1) is 0 Å². The van der Waals surface area contributed by atoms with Crippen LogP contribution in [0, 0.1) is 0 Å². The van der Waals surface area contributed by atoms with Crippen molar-refractivity contribution in [2.75, 3.05) is 32.8 Å². The molecule has 1 amide bonds. The van der Waals surface area contributed by atoms with E-state index in [0.717, 1.165) is 58.0 Å². The quantitative estimate of drug-likeness (QED) is 0.508. The summed E-state index contributed by atoms with van der Waals surface area (Å²) < 4.78 is 32.2. The largest absolute Gasteiger partial charge is 0.452 e. The normalized spacial score (nSPS) is 18.9. The average Bonchev–Trinajstić information content (AvgIpc) is 3.07. The standard InChI is InChI=1S/C22H30N2O5S/c25-21(23-14-4-3-5-15-23)18-29-22(26)13-10-19-8-11-20(12-9-19)30(27,28)24-16-6-1-2-7-17-24/h8-13H,1-7,14-18H2/b13-10+. The van der Waals surface area contributed by atoms with E-state index in [1.165, 1.54) is 6.08 Å². The molecule has 164 valence electrons. The fourth-order valence-corrected chi connectivity index (χ4v) is 5.28. The zero-order valence-electron chi connectivity index (χ0n) is 17.3. The number of piperidine rings is 1. The van der Waals surface area contributed by atoms with E-state index in [4.69, 9.17) is 4.74 Å². The van der Waals surface area contributed by atoms with Gasteiger partial charge >= 0.3 is 5.97 Å². The van der Waals surface area contributed by atoms with Crippen LogP contribution < -0.4 is 0 Å². The second kappa shape index (κ2) is 10.7. The molecule has 0 unspecified atom stereocenters. The van der Waals surface area contributed by atoms with Crippen molar-refractivity contribution in [2.45, 2.75) is 49.8 Å². The SMILES string of the molecule is O=C(/C=C/c1ccc(S(=O)(=O)N2CCCCCC2)cc1)OCC(=O)N1CCCCC1. The van der Waals surface area contributed by atoms with Gasteiger partial charge in [-0.25, -0.2) is 13.2 Å². The van der Waals surface area contributed by atoms with Gasteiger partial charge in [-0.2, -0.15) is 4.31 Å². The van der Waals surface area contributed by atoms with Gasteiger partial charge in [-0.1, -0.05) is 25.0 Å². The molecule has 2 fully saturated rings. The number of benzene rings is 1. The van der Waals surface area contributed by atoms with Gasteiger partial charge in [0, 0.05) is 32.3 Å². The third-order valence-corrected chi connectivity index (χ3v) is 7.45. The molecule has 0 bridgehead atoms. The van der Waals surface area contributed by atoms with E-state index in [1.807, 2.05) is 0 Å². The van der Waals surface area contributed by atoms with Crippen LogP contribution in [-0.4, -0.2) is 62.3 Å². The Morgan fingerprint density at radius 1 is 0.867 bits per heavy atom. The van der Waals surface area contributed by atoms with Gasteiger partial charge in [-0.05, 0) is 55.9 Å². The maximum Gasteiger partial charge on any atom is 0.331 e. The number of amides is 1. The van der Waals surface area contributed by atoms with Gasteiger partial charge in [0.25, 0.3) is 5.91 Å². The third-order valence-electron chi connectivity index (χ3n) is 5.54. The number of nitrogens with zero attached hydrogens (tertiary/aromatic N) is 2. The number of sulfonamides is 1. The van der Waals surface area contributed by atoms with Crippen LogP contribution in [0.5, 0.6) is 0 Å². The summed E-state index contributed by atoms with van der Waals surface area (Å²) in [6.45, 7) is 2.31. The molecule has 7 nitrogen and oxygen atoms in total. The van der Waals surface area contributed by atoms with Crippen LogP contribution in [0.4, 0.5) is 0 Å². The minimum absolute atomic E-state index is 0.167. The van der Waals surface area contributed by atoms with Crippen LogP contribution in [0.3, 0.4) is 0 Å². The molecule has 3 rings (SSSR count). The van der Waals surface area contributed by atoms with Crippen molar-refractivity contribution in [1.29, 1.82) is 0 Å². The minimum Gasteiger partial charge on any atom is -0.452 e. The molecule has 1 aromatic rings. The van der Waals surface area contributed by atoms with Crippen LogP contribution in [0.2, 0.25) is 0 Å². The molecule has 2 aliphatic rings. The Morgan fingerprint density at radius 3 is 2.07 bits per heavy atom. The Balaban J connectivity index is 1.52. The maximum atomic E-state index is 12.8. The van der Waals surface area contributed by atoms with Gasteiger partial charge in [0.1, 0.15) is 0 Å². The Hall–Kier alpha value is -2.19. The molecule has 0 spiro atoms. The van der Waals surface area contributed by atoms with E-state index in [1.54, 1.807) is 39.5 Å². The first-order chi connectivity index (χ1) is 14.5. The Bertz CT molecular complexity index is 850. The molecule has 2 heterocycles. The van der Waals surface area contributed by atoms with Crippen molar-refractivity contribution in [1.82, 2.24) is 9.21 Å². The summed E-state index contributed by atoms with van der Waals surface area (Å²) in [7, 11) is -3.49. The molecule has 0 atom stereocenters. The molecule has 0 saturated carbocycles. The lowest BCUT2D eigenvalue weighted by atomic mass is 10.1. The van der Waals surface area contributed by atoms with E-state index in [-0.39, 0.29) is 17.4 Å². The molecule has 30 heavy (non-hydrogen) atoms. The summed E-state index contributed by atoms with van der Waals surface area (Å²) >= 11 is 0. The van der Waals surface area contributed by atoms with Crippen molar-refractivity contribution >= 4 is 28.0 Å². The van der Waals surface area contributed by atoms with Crippen molar-refractivity contribution in [3.63, 3.8) is 0 Å². The van der Waals surface area contributed by atoms with E-state index in [9.17, 15) is 18.0 Å². The van der Waals surface area contributed by atoms with Crippen LogP contribution in [-0.2, 0) is 24.3 Å². The number of carbonyl (C=O) groups is 2. The van der Waals surface area contributed by atoms with Gasteiger partial charge in [0.15, 0.2) is 6.61 Å². The Kier molecular flexibility index (Phi) is 8.04. The summed E-state index contributed by atoms with van der Waals surface area (Å²) in [5.41, 5.74) is 0.684. The smallest absolute Gasteiger partial charge is 0.331 e. The third kappa shape index (κ3) is 6.15. The average molecular weight is 435 g/mol. The first-order valence-corrected chi connectivity index (χ1v) is 12.1. The number of esters is 1. The van der Waals surface area contributed by atoms with Crippen LogP contribution in [0.25, 0.3) is 6.08 Å². The zero-order valence-corrected chi connectivity index (χ0v) is 18.1. The second-order valence-electron chi connectivity index (χ2n) is 7.77. The number of likely N-dealkylation sites (tertiary alicyclic amines) is 1. The lowest BCUT2D eigenvalue weighted by Crippen LogP contribution is -2.38. The topological polar surface area (TPSA) is 84.0 Å². The van der Waals surface area contributed by atoms with E-state index < -0.39 is 16.0 Å². The lowest BCUT2D eigenvalue weighted by molar-refractivity contribution is -0.148. The van der Waals surface area contributed by atoms with Crippen molar-refractivity contribution < 1.29 is 22.7 Å². The monoisotopic (exact) mass is 434 g/mol. The number of hydrogen-bond donors (Lipinski definition) is 0. The fourth-order valence-electron chi connectivity index (χ4n) is 3.76. The summed E-state index contributed by atoms with van der Waals surface area (Å²) in [6, 6.07) is 6.44. The molecule has 2 saturated heterocycles. The van der Waals surface area contributed by atoms with Crippen LogP contribution >= 0.6 is 0 Å². The fraction of sp³-hybridized carbons (Fsp3) is 0.545. The molecular weight excluding hydrogens is 404 g/mol. The zero-order chi connectivity index (χ0) is 21.4. The van der Waals surface area contributed by atoms with Crippen LogP contribution in [0.15, 0.2) is 35.2 Å². The number of hydrogen-bond acceptors (Lipinski definition) is 5. The molecular formula is C22H30N2O5S. The van der Waals surface area contributed by atoms with Crippen molar-refractivity contribution in [2.24, 2.45) is 0 Å². The summed E-state index contributed by atoms with van der Waals surface area (Å²) in [5.74, 6) is -0.763. The summed E-state index contributed by atoms with van der Waals surface area (Å²) in [5, 5.41) is 0. The Labute approximate surface area is 178 Å². The highest BCUT2D eigenvalue weighted by atomic mass is 32.2. The Morgan fingerprint density at radius 2 is 1.43 bits per heavy atom. The lowest BCUT2D eigenvalue weighted by Gasteiger charge is -2.26. The molecule has 0 N–H and O–H groups in total. The molecule has 8 heteroatoms. The molecule has 2 aliphatic heterocycles. The molecule has 0 aliphatic carbocycles. The van der Waals surface area contributed by atoms with Gasteiger partial charge < -0.3 is 9.64 Å². The van der Waals surface area contributed by atoms with Gasteiger partial charge in [0.2, 0.25) is 10.0 Å². The predicted molar refractivity (Wildman–Crippen MR) is 114 cm³/mol. The first-order valence-electron chi connectivity index (χ1n) is 10.7. The highest BCUT2D eigenvalue weighted by Gasteiger charge is 2.24. The molecule has 0 aromatic heterocycles. The number of rotatable bonds is 6. The van der Waals surface area contributed by atoms with E-state index >= 15 is 0 Å². The van der Waals surface area contributed by atoms with Crippen molar-refractivity contribution in [3.05, 3.63) is 35.9 Å². The highest BCUT2D eigenvalue weighted by Crippen LogP contribution is 2.21. The summed E-state index contributed by atoms with van der Waals surface area (Å²) in [4.78, 5) is 25.9. The molecule has 1 aromatic carbocycles. The minimum atomic E-state index is -3.49. The van der Waals surface area contributed by atoms with E-state index in [2.05, 4.69) is 0 Å². The number of carbonyl (C=O) groups excluding carboxylic acids is 2. The summed E-state index contributed by atoms with van der Waals surface area (Å²) in [6.07, 6.45) is 9.82. The predicted octanol–water partition coefficient (Wildman–Crippen LogP) is 2.82. The van der Waals surface area contributed by atoms with Crippen LogP contribution in [0.1, 0.15) is 50.5 Å².